The molecule has 1 fully saturated rings. The first-order chi connectivity index (χ1) is 14.5. The molecule has 0 radical (unpaired) electrons. The van der Waals surface area contributed by atoms with Crippen molar-refractivity contribution >= 4 is 56.0 Å². The summed E-state index contributed by atoms with van der Waals surface area (Å²) in [5.74, 6) is 0.364. The number of amides is 2. The predicted octanol–water partition coefficient (Wildman–Crippen LogP) is 4.06. The molecule has 7 nitrogen and oxygen atoms in total. The zero-order valence-corrected chi connectivity index (χ0v) is 19.0. The van der Waals surface area contributed by atoms with Gasteiger partial charge in [-0.05, 0) is 48.5 Å². The Morgan fingerprint density at radius 1 is 1.17 bits per heavy atom. The number of hydrogen-bond acceptors (Lipinski definition) is 6. The first-order valence-electron chi connectivity index (χ1n) is 9.25. The van der Waals surface area contributed by atoms with Crippen LogP contribution in [-0.4, -0.2) is 54.5 Å². The third-order valence-corrected chi connectivity index (χ3v) is 6.04. The number of hydrogen-bond donors (Lipinski definition) is 1. The van der Waals surface area contributed by atoms with Crippen molar-refractivity contribution in [3.8, 4) is 5.75 Å². The van der Waals surface area contributed by atoms with Gasteiger partial charge in [-0.3, -0.25) is 14.5 Å². The lowest BCUT2D eigenvalue weighted by Crippen LogP contribution is -2.35. The Bertz CT molecular complexity index is 919. The number of benzene rings is 2. The van der Waals surface area contributed by atoms with Crippen LogP contribution in [0.5, 0.6) is 5.75 Å². The minimum absolute atomic E-state index is 0.0602. The van der Waals surface area contributed by atoms with E-state index in [1.807, 2.05) is 36.4 Å². The fourth-order valence-corrected chi connectivity index (χ4v) is 4.24. The van der Waals surface area contributed by atoms with Crippen molar-refractivity contribution in [3.05, 3.63) is 53.0 Å². The van der Waals surface area contributed by atoms with Crippen molar-refractivity contribution in [2.75, 3.05) is 32.7 Å². The molecule has 2 aromatic carbocycles. The molecule has 0 saturated carbocycles. The van der Waals surface area contributed by atoms with Gasteiger partial charge in [-0.25, -0.2) is 4.99 Å². The van der Waals surface area contributed by atoms with Crippen molar-refractivity contribution in [1.29, 1.82) is 0 Å². The number of nitrogens with zero attached hydrogens (tertiary/aromatic N) is 2. The summed E-state index contributed by atoms with van der Waals surface area (Å²) >= 11 is 4.66. The summed E-state index contributed by atoms with van der Waals surface area (Å²) < 4.78 is 11.2. The minimum atomic E-state index is -0.533. The monoisotopic (exact) mass is 491 g/mol. The number of ether oxygens (including phenoxy) is 2. The second kappa shape index (κ2) is 10.6. The Kier molecular flexibility index (Phi) is 7.89. The molecule has 3 rings (SSSR count). The van der Waals surface area contributed by atoms with Gasteiger partial charge in [-0.2, -0.15) is 0 Å². The van der Waals surface area contributed by atoms with Crippen molar-refractivity contribution in [2.24, 2.45) is 4.99 Å². The Balaban J connectivity index is 1.72. The maximum absolute atomic E-state index is 12.9. The Morgan fingerprint density at radius 2 is 1.87 bits per heavy atom. The molecule has 1 aliphatic heterocycles. The lowest BCUT2D eigenvalue weighted by Gasteiger charge is -2.15. The molecule has 1 saturated heterocycles. The van der Waals surface area contributed by atoms with Gasteiger partial charge in [-0.1, -0.05) is 27.7 Å². The Labute approximate surface area is 188 Å². The lowest BCUT2D eigenvalue weighted by atomic mass is 10.2. The third-order valence-electron chi connectivity index (χ3n) is 4.33. The van der Waals surface area contributed by atoms with E-state index in [1.54, 1.807) is 31.3 Å². The van der Waals surface area contributed by atoms with Crippen molar-refractivity contribution in [1.82, 2.24) is 4.90 Å². The number of anilines is 1. The van der Waals surface area contributed by atoms with Gasteiger partial charge in [-0.15, -0.1) is 0 Å². The number of amidine groups is 1. The molecule has 1 aliphatic rings. The van der Waals surface area contributed by atoms with Crippen molar-refractivity contribution < 1.29 is 19.1 Å². The molecular weight excluding hydrogens is 470 g/mol. The molecular formula is C21H22BrN3O4S. The average molecular weight is 492 g/mol. The maximum Gasteiger partial charge on any atom is 0.242 e. The van der Waals surface area contributed by atoms with Gasteiger partial charge in [0.1, 0.15) is 11.0 Å². The van der Waals surface area contributed by atoms with Crippen molar-refractivity contribution in [3.63, 3.8) is 0 Å². The summed E-state index contributed by atoms with van der Waals surface area (Å²) in [4.78, 5) is 31.6. The number of thioether (sulfide) groups is 1. The van der Waals surface area contributed by atoms with E-state index in [0.717, 1.165) is 10.2 Å². The zero-order chi connectivity index (χ0) is 21.5. The summed E-state index contributed by atoms with van der Waals surface area (Å²) in [7, 11) is 3.18. The van der Waals surface area contributed by atoms with E-state index in [4.69, 9.17) is 9.47 Å². The van der Waals surface area contributed by atoms with Gasteiger partial charge in [0.15, 0.2) is 5.17 Å². The molecule has 1 heterocycles. The lowest BCUT2D eigenvalue weighted by molar-refractivity contribution is -0.128. The van der Waals surface area contributed by atoms with Gasteiger partial charge >= 0.3 is 0 Å². The largest absolute Gasteiger partial charge is 0.497 e. The highest BCUT2D eigenvalue weighted by molar-refractivity contribution is 9.10. The zero-order valence-electron chi connectivity index (χ0n) is 16.6. The van der Waals surface area contributed by atoms with Crippen LogP contribution in [0.2, 0.25) is 0 Å². The van der Waals surface area contributed by atoms with Crippen LogP contribution in [0.15, 0.2) is 58.0 Å². The molecule has 158 valence electrons. The summed E-state index contributed by atoms with van der Waals surface area (Å²) in [5, 5.41) is 2.86. The number of rotatable bonds is 8. The Hall–Kier alpha value is -2.36. The van der Waals surface area contributed by atoms with Crippen LogP contribution in [0.4, 0.5) is 11.4 Å². The molecule has 1 atom stereocenters. The van der Waals surface area contributed by atoms with Crippen LogP contribution in [0.25, 0.3) is 0 Å². The van der Waals surface area contributed by atoms with Crippen LogP contribution >= 0.6 is 27.7 Å². The topological polar surface area (TPSA) is 80.2 Å². The number of carbonyl (C=O) groups excluding carboxylic acids is 2. The van der Waals surface area contributed by atoms with E-state index in [-0.39, 0.29) is 18.2 Å². The molecule has 0 bridgehead atoms. The second-order valence-corrected chi connectivity index (χ2v) is 8.53. The number of halogens is 1. The van der Waals surface area contributed by atoms with Crippen LogP contribution < -0.4 is 10.1 Å². The molecule has 30 heavy (non-hydrogen) atoms. The SMILES string of the molecule is COCCN1C(=O)C(CC(=O)Nc2ccc(Br)cc2)SC1=Nc1ccc(OC)cc1. The summed E-state index contributed by atoms with van der Waals surface area (Å²) in [6, 6.07) is 14.5. The fraction of sp³-hybridized carbons (Fsp3) is 0.286. The van der Waals surface area contributed by atoms with E-state index >= 15 is 0 Å². The van der Waals surface area contributed by atoms with Crippen LogP contribution in [-0.2, 0) is 14.3 Å². The van der Waals surface area contributed by atoms with E-state index in [1.165, 1.54) is 11.8 Å². The highest BCUT2D eigenvalue weighted by Crippen LogP contribution is 2.32. The van der Waals surface area contributed by atoms with Gasteiger partial charge in [0, 0.05) is 23.7 Å². The highest BCUT2D eigenvalue weighted by atomic mass is 79.9. The standard InChI is InChI=1S/C21H22BrN3O4S/c1-28-12-11-25-20(27)18(13-19(26)23-15-5-3-14(22)4-6-15)30-21(25)24-16-7-9-17(29-2)10-8-16/h3-10,18H,11-13H2,1-2H3,(H,23,26). The van der Waals surface area contributed by atoms with Gasteiger partial charge in [0.2, 0.25) is 11.8 Å². The number of methoxy groups -OCH3 is 2. The number of carbonyl (C=O) groups is 2. The molecule has 2 aromatic rings. The van der Waals surface area contributed by atoms with Crippen LogP contribution in [0.3, 0.4) is 0 Å². The predicted molar refractivity (Wildman–Crippen MR) is 122 cm³/mol. The average Bonchev–Trinajstić information content (AvgIpc) is 3.02. The molecule has 0 spiro atoms. The maximum atomic E-state index is 12.9. The number of aliphatic imine (C=N–C) groups is 1. The fourth-order valence-electron chi connectivity index (χ4n) is 2.79. The summed E-state index contributed by atoms with van der Waals surface area (Å²) in [6.07, 6.45) is 0.0602. The molecule has 2 amide bonds. The smallest absolute Gasteiger partial charge is 0.242 e. The van der Waals surface area contributed by atoms with Crippen molar-refractivity contribution in [2.45, 2.75) is 11.7 Å². The molecule has 9 heteroatoms. The first-order valence-corrected chi connectivity index (χ1v) is 10.9. The van der Waals surface area contributed by atoms with E-state index in [2.05, 4.69) is 26.2 Å². The van der Waals surface area contributed by atoms with Crippen LogP contribution in [0.1, 0.15) is 6.42 Å². The molecule has 0 aliphatic carbocycles. The van der Waals surface area contributed by atoms with Gasteiger partial charge < -0.3 is 14.8 Å². The molecule has 1 N–H and O–H groups in total. The van der Waals surface area contributed by atoms with Crippen LogP contribution in [0, 0.1) is 0 Å². The summed E-state index contributed by atoms with van der Waals surface area (Å²) in [5.41, 5.74) is 1.38. The van der Waals surface area contributed by atoms with E-state index in [0.29, 0.717) is 29.7 Å². The molecule has 1 unspecified atom stereocenters. The third kappa shape index (κ3) is 5.84. The molecule has 0 aromatic heterocycles. The minimum Gasteiger partial charge on any atom is -0.497 e. The highest BCUT2D eigenvalue weighted by Gasteiger charge is 2.39. The Morgan fingerprint density at radius 3 is 2.50 bits per heavy atom. The second-order valence-electron chi connectivity index (χ2n) is 6.44. The summed E-state index contributed by atoms with van der Waals surface area (Å²) in [6.45, 7) is 0.758. The van der Waals surface area contributed by atoms with E-state index < -0.39 is 5.25 Å². The normalized spacial score (nSPS) is 17.4. The van der Waals surface area contributed by atoms with E-state index in [9.17, 15) is 9.59 Å². The van der Waals surface area contributed by atoms with Gasteiger partial charge in [0.05, 0.1) is 25.9 Å². The first kappa shape index (κ1) is 22.3. The number of nitrogens with one attached hydrogen (secondary N) is 1. The quantitative estimate of drug-likeness (QED) is 0.601. The van der Waals surface area contributed by atoms with Gasteiger partial charge in [0.25, 0.3) is 0 Å².